The van der Waals surface area contributed by atoms with Crippen LogP contribution in [0.1, 0.15) is 60.3 Å². The Hall–Kier alpha value is -5.77. The van der Waals surface area contributed by atoms with Crippen LogP contribution in [0.3, 0.4) is 0 Å². The highest BCUT2D eigenvalue weighted by Gasteiger charge is 2.16. The Morgan fingerprint density at radius 1 is 0.587 bits per heavy atom. The topological polar surface area (TPSA) is 116 Å². The van der Waals surface area contributed by atoms with Gasteiger partial charge in [-0.15, -0.1) is 0 Å². The smallest absolute Gasteiger partial charge is 0.433 e. The van der Waals surface area contributed by atoms with E-state index < -0.39 is 12.3 Å². The van der Waals surface area contributed by atoms with E-state index in [2.05, 4.69) is 10.3 Å². The maximum atomic E-state index is 13.2. The predicted molar refractivity (Wildman–Crippen MR) is 176 cm³/mol. The normalized spacial score (nSPS) is 11.4. The Morgan fingerprint density at radius 2 is 1.00 bits per heavy atom. The third-order valence-corrected chi connectivity index (χ3v) is 6.79. The highest BCUT2D eigenvalue weighted by atomic mass is 16.8. The van der Waals surface area contributed by atoms with Crippen LogP contribution in [0.25, 0.3) is 0 Å². The molecule has 0 aromatic heterocycles. The van der Waals surface area contributed by atoms with Gasteiger partial charge in [-0.1, -0.05) is 58.3 Å². The van der Waals surface area contributed by atoms with E-state index in [0.29, 0.717) is 22.6 Å². The molecule has 0 aliphatic rings. The SMILES string of the molecule is CCOC(=O)O/N=C(/C)c1ccc(N(c2ccc(C(=O)c3cccc(C)c3)cc2)c2ccc(/C(C)=N/OC(=O)OCC)cc2)cc1. The van der Waals surface area contributed by atoms with Gasteiger partial charge in [-0.3, -0.25) is 14.5 Å². The Bertz CT molecular complexity index is 1650. The molecule has 0 atom stereocenters. The molecule has 10 nitrogen and oxygen atoms in total. The highest BCUT2D eigenvalue weighted by molar-refractivity contribution is 6.09. The summed E-state index contributed by atoms with van der Waals surface area (Å²) in [5.41, 5.74) is 7.16. The molecule has 0 bridgehead atoms. The molecule has 0 heterocycles. The van der Waals surface area contributed by atoms with E-state index in [4.69, 9.17) is 19.1 Å². The largest absolute Gasteiger partial charge is 0.535 e. The van der Waals surface area contributed by atoms with Crippen molar-refractivity contribution >= 4 is 46.6 Å². The number of hydrogen-bond acceptors (Lipinski definition) is 10. The van der Waals surface area contributed by atoms with Gasteiger partial charge in [0.25, 0.3) is 0 Å². The monoisotopic (exact) mass is 621 g/mol. The highest BCUT2D eigenvalue weighted by Crippen LogP contribution is 2.35. The fourth-order valence-corrected chi connectivity index (χ4v) is 4.47. The van der Waals surface area contributed by atoms with Crippen LogP contribution in [0.5, 0.6) is 0 Å². The number of anilines is 3. The van der Waals surface area contributed by atoms with Crippen LogP contribution >= 0.6 is 0 Å². The second kappa shape index (κ2) is 15.8. The van der Waals surface area contributed by atoms with E-state index in [1.54, 1.807) is 27.7 Å². The van der Waals surface area contributed by atoms with Crippen LogP contribution in [-0.2, 0) is 19.1 Å². The van der Waals surface area contributed by atoms with Crippen LogP contribution in [0, 0.1) is 6.92 Å². The zero-order valence-corrected chi connectivity index (χ0v) is 26.4. The molecule has 4 aromatic rings. The van der Waals surface area contributed by atoms with Gasteiger partial charge < -0.3 is 14.4 Å². The number of rotatable bonds is 11. The van der Waals surface area contributed by atoms with Crippen molar-refractivity contribution in [2.75, 3.05) is 18.1 Å². The average molecular weight is 622 g/mol. The number of carbonyl (C=O) groups is 3. The second-order valence-electron chi connectivity index (χ2n) is 10.1. The summed E-state index contributed by atoms with van der Waals surface area (Å²) in [6.07, 6.45) is -1.74. The Labute approximate surface area is 267 Å². The number of nitrogens with zero attached hydrogens (tertiary/aromatic N) is 3. The molecule has 0 saturated carbocycles. The quantitative estimate of drug-likeness (QED) is 0.0538. The number of ketones is 1. The first-order valence-electron chi connectivity index (χ1n) is 14.7. The van der Waals surface area contributed by atoms with E-state index in [1.807, 2.05) is 109 Å². The Morgan fingerprint density at radius 3 is 1.39 bits per heavy atom. The first-order chi connectivity index (χ1) is 22.2. The number of aryl methyl sites for hydroxylation is 1. The number of hydrogen-bond donors (Lipinski definition) is 0. The predicted octanol–water partition coefficient (Wildman–Crippen LogP) is 8.49. The van der Waals surface area contributed by atoms with Gasteiger partial charge in [0.15, 0.2) is 5.78 Å². The molecule has 4 aromatic carbocycles. The minimum atomic E-state index is -0.870. The lowest BCUT2D eigenvalue weighted by molar-refractivity contribution is 0.0604. The van der Waals surface area contributed by atoms with Gasteiger partial charge >= 0.3 is 12.3 Å². The molecule has 0 aliphatic heterocycles. The van der Waals surface area contributed by atoms with Crippen molar-refractivity contribution in [3.05, 3.63) is 125 Å². The van der Waals surface area contributed by atoms with Crippen molar-refractivity contribution < 1.29 is 33.5 Å². The molecule has 236 valence electrons. The molecule has 10 heteroatoms. The van der Waals surface area contributed by atoms with Gasteiger partial charge in [0.05, 0.1) is 24.6 Å². The number of benzene rings is 4. The van der Waals surface area contributed by atoms with Crippen LogP contribution in [-0.4, -0.2) is 42.7 Å². The summed E-state index contributed by atoms with van der Waals surface area (Å²) in [6.45, 7) is 9.15. The standard InChI is InChI=1S/C36H35N3O7/c1-6-43-35(41)45-37-25(4)27-11-17-31(18-12-27)39(32-19-13-28(14-20-32)26(5)38-46-36(42)44-7-2)33-21-15-29(16-22-33)34(40)30-10-8-9-24(3)23-30/h8-23H,6-7H2,1-5H3/b37-25-,38-26+. The fourth-order valence-electron chi connectivity index (χ4n) is 4.47. The molecule has 4 rings (SSSR count). The molecule has 0 fully saturated rings. The van der Waals surface area contributed by atoms with Crippen molar-refractivity contribution in [1.82, 2.24) is 0 Å². The van der Waals surface area contributed by atoms with Crippen molar-refractivity contribution in [3.8, 4) is 0 Å². The zero-order valence-electron chi connectivity index (χ0n) is 26.4. The number of ether oxygens (including phenoxy) is 2. The van der Waals surface area contributed by atoms with E-state index in [9.17, 15) is 14.4 Å². The van der Waals surface area contributed by atoms with Crippen LogP contribution in [0.2, 0.25) is 0 Å². The molecule has 0 N–H and O–H groups in total. The molecule has 46 heavy (non-hydrogen) atoms. The summed E-state index contributed by atoms with van der Waals surface area (Å²) in [6, 6.07) is 30.0. The van der Waals surface area contributed by atoms with E-state index in [0.717, 1.165) is 33.8 Å². The summed E-state index contributed by atoms with van der Waals surface area (Å²) in [5.74, 6) is -0.0601. The van der Waals surface area contributed by atoms with Crippen LogP contribution in [0.4, 0.5) is 26.7 Å². The number of oxime groups is 2. The molecule has 0 amide bonds. The van der Waals surface area contributed by atoms with Crippen molar-refractivity contribution in [2.24, 2.45) is 10.3 Å². The second-order valence-corrected chi connectivity index (χ2v) is 10.1. The number of carbonyl (C=O) groups excluding carboxylic acids is 3. The van der Waals surface area contributed by atoms with E-state index in [-0.39, 0.29) is 19.0 Å². The summed E-state index contributed by atoms with van der Waals surface area (Å²) in [4.78, 5) is 47.9. The van der Waals surface area contributed by atoms with Gasteiger partial charge in [-0.25, -0.2) is 9.59 Å². The molecule has 0 saturated heterocycles. The van der Waals surface area contributed by atoms with Gasteiger partial charge in [0.1, 0.15) is 0 Å². The van der Waals surface area contributed by atoms with Crippen molar-refractivity contribution in [2.45, 2.75) is 34.6 Å². The molecule has 0 aliphatic carbocycles. The third kappa shape index (κ3) is 8.66. The summed E-state index contributed by atoms with van der Waals surface area (Å²) in [5, 5.41) is 7.74. The van der Waals surface area contributed by atoms with E-state index in [1.165, 1.54) is 0 Å². The molecular weight excluding hydrogens is 586 g/mol. The fraction of sp³-hybridized carbons (Fsp3) is 0.194. The minimum absolute atomic E-state index is 0.0601. The van der Waals surface area contributed by atoms with Gasteiger partial charge in [-0.05, 0) is 100 Å². The summed E-state index contributed by atoms with van der Waals surface area (Å²) in [7, 11) is 0. The molecule has 0 unspecified atom stereocenters. The lowest BCUT2D eigenvalue weighted by Gasteiger charge is -2.26. The third-order valence-electron chi connectivity index (χ3n) is 6.79. The lowest BCUT2D eigenvalue weighted by Crippen LogP contribution is -2.11. The van der Waals surface area contributed by atoms with Gasteiger partial charge in [-0.2, -0.15) is 0 Å². The minimum Gasteiger partial charge on any atom is -0.433 e. The molecule has 0 spiro atoms. The first-order valence-corrected chi connectivity index (χ1v) is 14.7. The van der Waals surface area contributed by atoms with Crippen LogP contribution in [0.15, 0.2) is 107 Å². The average Bonchev–Trinajstić information content (AvgIpc) is 3.07. The van der Waals surface area contributed by atoms with Gasteiger partial charge in [0, 0.05) is 28.2 Å². The van der Waals surface area contributed by atoms with Crippen molar-refractivity contribution in [3.63, 3.8) is 0 Å². The van der Waals surface area contributed by atoms with Crippen LogP contribution < -0.4 is 4.90 Å². The molecular formula is C36H35N3O7. The lowest BCUT2D eigenvalue weighted by atomic mass is 10.0. The summed E-state index contributed by atoms with van der Waals surface area (Å²) < 4.78 is 9.51. The Kier molecular flexibility index (Phi) is 11.4. The van der Waals surface area contributed by atoms with E-state index >= 15 is 0 Å². The Balaban J connectivity index is 1.66. The summed E-state index contributed by atoms with van der Waals surface area (Å²) >= 11 is 0. The zero-order chi connectivity index (χ0) is 33.1. The maximum Gasteiger partial charge on any atom is 0.535 e. The molecule has 0 radical (unpaired) electrons. The first kappa shape index (κ1) is 33.1. The maximum absolute atomic E-state index is 13.2. The van der Waals surface area contributed by atoms with Gasteiger partial charge in [0.2, 0.25) is 0 Å². The van der Waals surface area contributed by atoms with Crippen molar-refractivity contribution in [1.29, 1.82) is 0 Å².